The van der Waals surface area contributed by atoms with Gasteiger partial charge in [-0.1, -0.05) is 61.9 Å². The molecule has 0 radical (unpaired) electrons. The van der Waals surface area contributed by atoms with Crippen LogP contribution < -0.4 is 10.2 Å². The van der Waals surface area contributed by atoms with Crippen molar-refractivity contribution < 1.29 is 4.79 Å². The van der Waals surface area contributed by atoms with Gasteiger partial charge < -0.3 is 10.2 Å². The zero-order chi connectivity index (χ0) is 22.7. The quantitative estimate of drug-likeness (QED) is 0.450. The van der Waals surface area contributed by atoms with Gasteiger partial charge in [-0.05, 0) is 80.5 Å². The highest BCUT2D eigenvalue weighted by molar-refractivity contribution is 6.07. The highest BCUT2D eigenvalue weighted by atomic mass is 16.2. The summed E-state index contributed by atoms with van der Waals surface area (Å²) in [5.41, 5.74) is 7.83. The molecule has 3 nitrogen and oxygen atoms in total. The van der Waals surface area contributed by atoms with Crippen LogP contribution in [0.5, 0.6) is 0 Å². The summed E-state index contributed by atoms with van der Waals surface area (Å²) in [6.45, 7) is 8.60. The Morgan fingerprint density at radius 1 is 0.969 bits per heavy atom. The van der Waals surface area contributed by atoms with E-state index >= 15 is 0 Å². The minimum Gasteiger partial charge on any atom is -0.378 e. The molecule has 0 fully saturated rings. The molecule has 2 atom stereocenters. The fraction of sp³-hybridized carbons (Fsp3) is 0.345. The highest BCUT2D eigenvalue weighted by Gasteiger charge is 2.35. The zero-order valence-corrected chi connectivity index (χ0v) is 19.7. The van der Waals surface area contributed by atoms with Gasteiger partial charge in [-0.25, -0.2) is 0 Å². The van der Waals surface area contributed by atoms with Gasteiger partial charge in [0.1, 0.15) is 0 Å². The lowest BCUT2D eigenvalue weighted by Crippen LogP contribution is -2.44. The van der Waals surface area contributed by atoms with Crippen LogP contribution in [0.3, 0.4) is 0 Å². The number of carbonyl (C=O) groups excluding carboxylic acids is 1. The van der Waals surface area contributed by atoms with Crippen molar-refractivity contribution in [2.24, 2.45) is 0 Å². The van der Waals surface area contributed by atoms with Crippen LogP contribution in [0.1, 0.15) is 71.8 Å². The second kappa shape index (κ2) is 9.60. The number of fused-ring (bicyclic) bond motifs is 1. The van der Waals surface area contributed by atoms with Gasteiger partial charge >= 0.3 is 0 Å². The Balaban J connectivity index is 1.66. The number of nitrogens with zero attached hydrogens (tertiary/aromatic N) is 1. The molecule has 1 N–H and O–H groups in total. The second-order valence-electron chi connectivity index (χ2n) is 9.08. The van der Waals surface area contributed by atoms with Crippen molar-refractivity contribution in [3.05, 3.63) is 94.5 Å². The average Bonchev–Trinajstić information content (AvgIpc) is 2.80. The molecule has 0 unspecified atom stereocenters. The van der Waals surface area contributed by atoms with E-state index in [9.17, 15) is 4.79 Å². The van der Waals surface area contributed by atoms with Gasteiger partial charge in [0.05, 0.1) is 11.7 Å². The smallest absolute Gasteiger partial charge is 0.258 e. The van der Waals surface area contributed by atoms with E-state index in [0.717, 1.165) is 35.3 Å². The predicted molar refractivity (Wildman–Crippen MR) is 135 cm³/mol. The van der Waals surface area contributed by atoms with Gasteiger partial charge in [-0.15, -0.1) is 0 Å². The van der Waals surface area contributed by atoms with Crippen LogP contribution in [-0.4, -0.2) is 11.9 Å². The van der Waals surface area contributed by atoms with Crippen molar-refractivity contribution >= 4 is 17.3 Å². The van der Waals surface area contributed by atoms with E-state index in [1.807, 2.05) is 17.0 Å². The van der Waals surface area contributed by atoms with Crippen LogP contribution in [-0.2, 0) is 6.42 Å². The van der Waals surface area contributed by atoms with Crippen LogP contribution >= 0.6 is 0 Å². The van der Waals surface area contributed by atoms with E-state index in [1.165, 1.54) is 29.5 Å². The molecule has 1 aliphatic rings. The van der Waals surface area contributed by atoms with Crippen LogP contribution in [0, 0.1) is 13.8 Å². The Labute approximate surface area is 192 Å². The van der Waals surface area contributed by atoms with Crippen molar-refractivity contribution in [1.29, 1.82) is 0 Å². The zero-order valence-electron chi connectivity index (χ0n) is 19.7. The van der Waals surface area contributed by atoms with E-state index in [0.29, 0.717) is 0 Å². The first-order chi connectivity index (χ1) is 15.5. The summed E-state index contributed by atoms with van der Waals surface area (Å²) in [6.07, 6.45) is 4.29. The number of hydrogen-bond donors (Lipinski definition) is 1. The number of benzene rings is 3. The Bertz CT molecular complexity index is 1090. The summed E-state index contributed by atoms with van der Waals surface area (Å²) in [7, 11) is 0. The van der Waals surface area contributed by atoms with Crippen molar-refractivity contribution in [1.82, 2.24) is 0 Å². The highest BCUT2D eigenvalue weighted by Crippen LogP contribution is 2.41. The standard InChI is InChI=1S/C29H34N2O/c1-5-6-12-23-15-17-24(18-16-23)29(32)31-22(4)19-27(25-13-9-11-21(3)28(25)31)30-26-14-8-7-10-20(26)2/h7-11,13-18,22,27,30H,5-6,12,19H2,1-4H3/t22-,27-/m1/s1. The Hall–Kier alpha value is -3.07. The number of carbonyl (C=O) groups is 1. The van der Waals surface area contributed by atoms with Gasteiger partial charge in [0.15, 0.2) is 0 Å². The van der Waals surface area contributed by atoms with E-state index in [1.54, 1.807) is 0 Å². The number of unbranched alkanes of at least 4 members (excludes halogenated alkanes) is 1. The van der Waals surface area contributed by atoms with E-state index in [2.05, 4.69) is 87.6 Å². The number of hydrogen-bond acceptors (Lipinski definition) is 2. The Morgan fingerprint density at radius 3 is 2.41 bits per heavy atom. The maximum atomic E-state index is 13.7. The molecule has 0 saturated heterocycles. The molecule has 3 heteroatoms. The third kappa shape index (κ3) is 4.43. The number of amides is 1. The molecule has 166 valence electrons. The van der Waals surface area contributed by atoms with Gasteiger partial charge in [-0.3, -0.25) is 4.79 Å². The molecule has 0 spiro atoms. The SMILES string of the molecule is CCCCc1ccc(C(=O)N2c3c(C)cccc3[C@H](Nc3ccccc3C)C[C@H]2C)cc1. The van der Waals surface area contributed by atoms with E-state index in [-0.39, 0.29) is 18.0 Å². The van der Waals surface area contributed by atoms with Crippen molar-refractivity contribution in [2.75, 3.05) is 10.2 Å². The molecule has 1 amide bonds. The number of nitrogens with one attached hydrogen (secondary N) is 1. The van der Waals surface area contributed by atoms with E-state index in [4.69, 9.17) is 0 Å². The van der Waals surface area contributed by atoms with Crippen molar-refractivity contribution in [3.63, 3.8) is 0 Å². The first-order valence-electron chi connectivity index (χ1n) is 11.8. The molecule has 4 rings (SSSR count). The Kier molecular flexibility index (Phi) is 6.64. The monoisotopic (exact) mass is 426 g/mol. The summed E-state index contributed by atoms with van der Waals surface area (Å²) >= 11 is 0. The number of rotatable bonds is 6. The first-order valence-corrected chi connectivity index (χ1v) is 11.8. The number of para-hydroxylation sites is 2. The summed E-state index contributed by atoms with van der Waals surface area (Å²) in [5, 5.41) is 3.75. The second-order valence-corrected chi connectivity index (χ2v) is 9.08. The molecule has 3 aromatic rings. The fourth-order valence-corrected chi connectivity index (χ4v) is 4.78. The normalized spacial score (nSPS) is 17.7. The van der Waals surface area contributed by atoms with Crippen molar-refractivity contribution in [3.8, 4) is 0 Å². The minimum absolute atomic E-state index is 0.0874. The topological polar surface area (TPSA) is 32.3 Å². The van der Waals surface area contributed by atoms with Gasteiger partial charge in [0, 0.05) is 17.3 Å². The Morgan fingerprint density at radius 2 is 1.69 bits per heavy atom. The van der Waals surface area contributed by atoms with Crippen LogP contribution in [0.15, 0.2) is 66.7 Å². The summed E-state index contributed by atoms with van der Waals surface area (Å²) in [5.74, 6) is 0.0874. The lowest BCUT2D eigenvalue weighted by atomic mass is 9.88. The molecule has 1 aliphatic heterocycles. The molecular formula is C29H34N2O. The first kappa shape index (κ1) is 22.1. The largest absolute Gasteiger partial charge is 0.378 e. The van der Waals surface area contributed by atoms with E-state index < -0.39 is 0 Å². The average molecular weight is 427 g/mol. The van der Waals surface area contributed by atoms with Crippen LogP contribution in [0.2, 0.25) is 0 Å². The molecule has 3 aromatic carbocycles. The third-order valence-corrected chi connectivity index (χ3v) is 6.62. The maximum absolute atomic E-state index is 13.7. The molecule has 0 saturated carbocycles. The maximum Gasteiger partial charge on any atom is 0.258 e. The van der Waals surface area contributed by atoms with Crippen molar-refractivity contribution in [2.45, 2.75) is 65.5 Å². The lowest BCUT2D eigenvalue weighted by molar-refractivity contribution is 0.0974. The third-order valence-electron chi connectivity index (χ3n) is 6.62. The summed E-state index contributed by atoms with van der Waals surface area (Å²) in [6, 6.07) is 23.2. The molecule has 0 bridgehead atoms. The fourth-order valence-electron chi connectivity index (χ4n) is 4.78. The molecule has 1 heterocycles. The lowest BCUT2D eigenvalue weighted by Gasteiger charge is -2.41. The van der Waals surface area contributed by atoms with Crippen LogP contribution in [0.4, 0.5) is 11.4 Å². The summed E-state index contributed by atoms with van der Waals surface area (Å²) < 4.78 is 0. The van der Waals surface area contributed by atoms with Gasteiger partial charge in [0.2, 0.25) is 0 Å². The van der Waals surface area contributed by atoms with Gasteiger partial charge in [0.25, 0.3) is 5.91 Å². The molecule has 32 heavy (non-hydrogen) atoms. The minimum atomic E-state index is 0.0874. The number of aryl methyl sites for hydroxylation is 3. The summed E-state index contributed by atoms with van der Waals surface area (Å²) in [4.78, 5) is 15.7. The predicted octanol–water partition coefficient (Wildman–Crippen LogP) is 7.24. The van der Waals surface area contributed by atoms with Crippen LogP contribution in [0.25, 0.3) is 0 Å². The number of anilines is 2. The van der Waals surface area contributed by atoms with Gasteiger partial charge in [-0.2, -0.15) is 0 Å². The molecule has 0 aliphatic carbocycles. The molecule has 0 aromatic heterocycles. The molecular weight excluding hydrogens is 392 g/mol.